The number of hydrogen-bond acceptors (Lipinski definition) is 15. The summed E-state index contributed by atoms with van der Waals surface area (Å²) < 4.78 is 0. The summed E-state index contributed by atoms with van der Waals surface area (Å²) in [6.45, 7) is 0. The summed E-state index contributed by atoms with van der Waals surface area (Å²) in [6, 6.07) is 4.58. The van der Waals surface area contributed by atoms with Gasteiger partial charge in [0.05, 0.1) is 17.2 Å². The first-order chi connectivity index (χ1) is 30.7. The van der Waals surface area contributed by atoms with Gasteiger partial charge in [-0.25, -0.2) is 0 Å². The lowest BCUT2D eigenvalue weighted by molar-refractivity contribution is -0.154. The molecule has 17 nitrogen and oxygen atoms in total. The number of likely N-dealkylation sites (N-methyl/N-ethyl adjacent to an activating group) is 1. The lowest BCUT2D eigenvalue weighted by Crippen LogP contribution is -2.65. The number of phenolic OH excluding ortho intramolecular Hbond substituents is 2. The van der Waals surface area contributed by atoms with Crippen molar-refractivity contribution in [2.75, 3.05) is 14.1 Å². The van der Waals surface area contributed by atoms with Crippen molar-refractivity contribution in [3.05, 3.63) is 91.5 Å². The van der Waals surface area contributed by atoms with Gasteiger partial charge < -0.3 is 52.3 Å². The molecule has 0 spiro atoms. The van der Waals surface area contributed by atoms with Crippen LogP contribution in [-0.4, -0.2) is 112 Å². The third-order valence-electron chi connectivity index (χ3n) is 13.9. The molecule has 0 heterocycles. The molecule has 6 aliphatic rings. The zero-order valence-corrected chi connectivity index (χ0v) is 35.2. The third kappa shape index (κ3) is 6.52. The number of aliphatic hydroxyl groups excluding tert-OH is 4. The number of primary amides is 2. The van der Waals surface area contributed by atoms with Gasteiger partial charge in [-0.15, -0.1) is 0 Å². The Morgan fingerprint density at radius 1 is 0.677 bits per heavy atom. The van der Waals surface area contributed by atoms with E-state index in [1.165, 1.54) is 31.1 Å². The van der Waals surface area contributed by atoms with Crippen LogP contribution < -0.4 is 11.5 Å². The van der Waals surface area contributed by atoms with Gasteiger partial charge in [0.1, 0.15) is 45.7 Å². The van der Waals surface area contributed by atoms with Gasteiger partial charge in [0.2, 0.25) is 11.6 Å². The van der Waals surface area contributed by atoms with Gasteiger partial charge in [-0.05, 0) is 99.8 Å². The highest BCUT2D eigenvalue weighted by atomic mass is 16.4. The number of rotatable bonds is 6. The zero-order valence-electron chi connectivity index (χ0n) is 35.2. The van der Waals surface area contributed by atoms with Crippen molar-refractivity contribution in [3.63, 3.8) is 0 Å². The van der Waals surface area contributed by atoms with Gasteiger partial charge in [0, 0.05) is 53.4 Å². The number of nitrogens with zero attached hydrogens (tertiary/aromatic N) is 1. The third-order valence-corrected chi connectivity index (χ3v) is 13.9. The number of nitrogens with two attached hydrogens (primary N) is 2. The predicted molar refractivity (Wildman–Crippen MR) is 228 cm³/mol. The fraction of sp³-hybridized carbons (Fsp3) is 0.375. The second-order valence-electron chi connectivity index (χ2n) is 17.7. The monoisotopic (exact) mass is 887 g/mol. The van der Waals surface area contributed by atoms with Crippen LogP contribution in [0.3, 0.4) is 0 Å². The number of ketones is 4. The van der Waals surface area contributed by atoms with Gasteiger partial charge in [-0.2, -0.15) is 0 Å². The molecule has 6 aliphatic carbocycles. The van der Waals surface area contributed by atoms with E-state index in [2.05, 4.69) is 23.7 Å². The molecular formula is C48H45N3O14. The Kier molecular flexibility index (Phi) is 10.8. The molecule has 2 aromatic carbocycles. The van der Waals surface area contributed by atoms with E-state index in [0.717, 1.165) is 0 Å². The number of aromatic hydroxyl groups is 2. The first-order valence-corrected chi connectivity index (χ1v) is 21.0. The van der Waals surface area contributed by atoms with Crippen LogP contribution in [-0.2, 0) is 41.6 Å². The van der Waals surface area contributed by atoms with E-state index in [-0.39, 0.29) is 59.5 Å². The molecule has 0 bridgehead atoms. The largest absolute Gasteiger partial charge is 0.508 e. The number of benzene rings is 2. The Labute approximate surface area is 371 Å². The van der Waals surface area contributed by atoms with Crippen molar-refractivity contribution < 1.29 is 69.6 Å². The first-order valence-electron chi connectivity index (χ1n) is 21.0. The van der Waals surface area contributed by atoms with Gasteiger partial charge in [0.15, 0.2) is 22.8 Å². The molecule has 8 rings (SSSR count). The van der Waals surface area contributed by atoms with Crippen LogP contribution in [0.15, 0.2) is 58.1 Å². The summed E-state index contributed by atoms with van der Waals surface area (Å²) in [6.07, 6.45) is 1.81. The van der Waals surface area contributed by atoms with Gasteiger partial charge in [-0.3, -0.25) is 33.7 Å². The fourth-order valence-electron chi connectivity index (χ4n) is 10.8. The number of phenols is 2. The van der Waals surface area contributed by atoms with Crippen LogP contribution in [0.5, 0.6) is 11.5 Å². The van der Waals surface area contributed by atoms with Gasteiger partial charge >= 0.3 is 0 Å². The predicted octanol–water partition coefficient (Wildman–Crippen LogP) is 1.66. The first kappa shape index (κ1) is 44.4. The number of hydrogen-bond donors (Lipinski definition) is 10. The Balaban J connectivity index is 0.978. The number of amides is 2. The van der Waals surface area contributed by atoms with Gasteiger partial charge in [-0.1, -0.05) is 23.7 Å². The van der Waals surface area contributed by atoms with E-state index in [9.17, 15) is 69.6 Å². The van der Waals surface area contributed by atoms with Crippen molar-refractivity contribution in [1.82, 2.24) is 4.90 Å². The molecule has 2 aromatic rings. The maximum Gasteiger partial charge on any atom is 0.255 e. The highest BCUT2D eigenvalue weighted by molar-refractivity contribution is 6.25. The number of Topliss-reactive ketones (excluding diaryl/α,β-unsaturated/α-hetero) is 4. The molecule has 336 valence electrons. The minimum Gasteiger partial charge on any atom is -0.508 e. The Hall–Kier alpha value is -7.18. The quantitative estimate of drug-likeness (QED) is 0.112. The van der Waals surface area contributed by atoms with E-state index in [1.54, 1.807) is 12.1 Å². The molecule has 0 aliphatic heterocycles. The van der Waals surface area contributed by atoms with Crippen LogP contribution in [0, 0.1) is 47.4 Å². The van der Waals surface area contributed by atoms with Crippen LogP contribution in [0.2, 0.25) is 0 Å². The topological polar surface area (TPSA) is 320 Å². The molecular weight excluding hydrogens is 843 g/mol. The molecule has 2 amide bonds. The highest BCUT2D eigenvalue weighted by Gasteiger charge is 2.64. The number of carbonyl (C=O) groups excluding carboxylic acids is 6. The number of unbranched alkanes of at least 4 members (excludes halogenated alkanes) is 3. The van der Waals surface area contributed by atoms with E-state index < -0.39 is 116 Å². The van der Waals surface area contributed by atoms with E-state index in [4.69, 9.17) is 11.5 Å². The molecule has 0 saturated heterocycles. The summed E-state index contributed by atoms with van der Waals surface area (Å²) in [5.74, 6) is -2.05. The van der Waals surface area contributed by atoms with E-state index >= 15 is 0 Å². The molecule has 7 atom stereocenters. The van der Waals surface area contributed by atoms with Crippen LogP contribution >= 0.6 is 0 Å². The Morgan fingerprint density at radius 3 is 1.62 bits per heavy atom. The summed E-state index contributed by atoms with van der Waals surface area (Å²) in [4.78, 5) is 79.5. The maximum atomic E-state index is 14.1. The number of aliphatic hydroxyl groups is 6. The van der Waals surface area contributed by atoms with Crippen molar-refractivity contribution in [2.24, 2.45) is 35.1 Å². The summed E-state index contributed by atoms with van der Waals surface area (Å²) in [5, 5.41) is 89.7. The minimum atomic E-state index is -2.74. The average Bonchev–Trinajstić information content (AvgIpc) is 3.22. The summed E-state index contributed by atoms with van der Waals surface area (Å²) in [7, 11) is 3.05. The van der Waals surface area contributed by atoms with Crippen LogP contribution in [0.25, 0.3) is 11.5 Å². The zero-order chi connectivity index (χ0) is 47.2. The van der Waals surface area contributed by atoms with Crippen molar-refractivity contribution >= 4 is 46.5 Å². The highest BCUT2D eigenvalue weighted by Crippen LogP contribution is 2.54. The molecule has 2 saturated carbocycles. The Bertz CT molecular complexity index is 2860. The smallest absolute Gasteiger partial charge is 0.255 e. The molecule has 7 unspecified atom stereocenters. The summed E-state index contributed by atoms with van der Waals surface area (Å²) in [5.41, 5.74) is 4.74. The van der Waals surface area contributed by atoms with Crippen molar-refractivity contribution in [1.29, 1.82) is 0 Å². The summed E-state index contributed by atoms with van der Waals surface area (Å²) >= 11 is 0. The maximum absolute atomic E-state index is 14.1. The fourth-order valence-corrected chi connectivity index (χ4v) is 10.8. The molecule has 12 N–H and O–H groups in total. The second-order valence-corrected chi connectivity index (χ2v) is 17.7. The number of carbonyl (C=O) groups is 6. The lowest BCUT2D eigenvalue weighted by Gasteiger charge is -2.50. The van der Waals surface area contributed by atoms with Gasteiger partial charge in [0.25, 0.3) is 11.8 Å². The molecule has 0 aromatic heterocycles. The normalized spacial score (nSPS) is 28.0. The minimum absolute atomic E-state index is 0.00761. The average molecular weight is 888 g/mol. The molecule has 0 radical (unpaired) electrons. The van der Waals surface area contributed by atoms with E-state index in [0.29, 0.717) is 47.9 Å². The standard InChI is InChI=1S/C48H45N3O14/c1-51(2)37-27-18-23-17-26-21(12-14-29(53)34(26)39(56)32(23)42(59)48(27,65)44(61)36(40(37)57)46(50)63)10-8-6-4-3-5-7-9-20-11-13-28(52)33-25(20)16-22-15-24-19-30(54)35(45(49)62)43(60)47(24,64)41(58)31(22)38(33)55/h11-14,22-24,27,37,52-53,55-56,60-61,64-65H,3-6,15-19H2,1-2H3,(H2,49,62)(H2,50,63). The van der Waals surface area contributed by atoms with Crippen LogP contribution in [0.1, 0.15) is 78.3 Å². The van der Waals surface area contributed by atoms with Crippen LogP contribution in [0.4, 0.5) is 0 Å². The second kappa shape index (κ2) is 15.8. The van der Waals surface area contributed by atoms with Crippen molar-refractivity contribution in [2.45, 2.75) is 75.0 Å². The molecule has 2 fully saturated rings. The Morgan fingerprint density at radius 2 is 1.14 bits per heavy atom. The number of fused-ring (bicyclic) bond motifs is 6. The van der Waals surface area contributed by atoms with E-state index in [1.807, 2.05) is 0 Å². The molecule has 65 heavy (non-hydrogen) atoms. The SMILES string of the molecule is CN(C)C1C(=O)C(C(N)=O)=C(O)C2(O)C(=O)C3=C(O)c4c(O)ccc(C#CCCCCC#Cc5ccc(O)c6c5CC5CC7CC(=O)C(C(N)=O)=C(O)C7(O)C(=O)C5=C6O)c4CC3CC12. The van der Waals surface area contributed by atoms with Crippen molar-refractivity contribution in [3.8, 4) is 35.2 Å². The molecule has 17 heteroatoms. The lowest BCUT2D eigenvalue weighted by atomic mass is 9.57.